The zero-order valence-electron chi connectivity index (χ0n) is 13.6. The van der Waals surface area contributed by atoms with Gasteiger partial charge in [-0.05, 0) is 24.1 Å². The summed E-state index contributed by atoms with van der Waals surface area (Å²) in [6, 6.07) is 7.36. The van der Waals surface area contributed by atoms with Gasteiger partial charge in [-0.25, -0.2) is 9.78 Å². The standard InChI is InChI=1S/C17H20N4O3/c1-20-12-18-11-15(20)13-3-5-14(6-4-13)16(22)19-7-9-21-8-2-10-24-17(21)23/h3-6,11-12H,2,7-10H2,1H3,(H,19,22). The van der Waals surface area contributed by atoms with Crippen molar-refractivity contribution < 1.29 is 14.3 Å². The Morgan fingerprint density at radius 3 is 2.79 bits per heavy atom. The number of nitrogens with zero attached hydrogens (tertiary/aromatic N) is 3. The second kappa shape index (κ2) is 7.16. The third kappa shape index (κ3) is 3.56. The lowest BCUT2D eigenvalue weighted by atomic mass is 10.1. The Bertz CT molecular complexity index is 724. The first-order valence-corrected chi connectivity index (χ1v) is 7.92. The van der Waals surface area contributed by atoms with Crippen molar-refractivity contribution in [3.8, 4) is 11.3 Å². The molecule has 0 radical (unpaired) electrons. The van der Waals surface area contributed by atoms with Gasteiger partial charge in [-0.15, -0.1) is 0 Å². The van der Waals surface area contributed by atoms with Gasteiger partial charge in [0, 0.05) is 32.2 Å². The Morgan fingerprint density at radius 2 is 2.12 bits per heavy atom. The average molecular weight is 328 g/mol. The molecule has 24 heavy (non-hydrogen) atoms. The van der Waals surface area contributed by atoms with E-state index >= 15 is 0 Å². The molecule has 1 saturated heterocycles. The van der Waals surface area contributed by atoms with E-state index in [1.807, 2.05) is 23.7 Å². The highest BCUT2D eigenvalue weighted by molar-refractivity contribution is 5.94. The van der Waals surface area contributed by atoms with Crippen LogP contribution < -0.4 is 5.32 Å². The molecule has 1 aromatic carbocycles. The Balaban J connectivity index is 1.53. The molecule has 1 aromatic heterocycles. The molecule has 126 valence electrons. The third-order valence-corrected chi connectivity index (χ3v) is 3.98. The summed E-state index contributed by atoms with van der Waals surface area (Å²) in [5.41, 5.74) is 2.58. The zero-order chi connectivity index (χ0) is 16.9. The van der Waals surface area contributed by atoms with Crippen LogP contribution in [0.4, 0.5) is 4.79 Å². The van der Waals surface area contributed by atoms with Crippen LogP contribution in [0.25, 0.3) is 11.3 Å². The molecule has 0 unspecified atom stereocenters. The number of rotatable bonds is 5. The Hall–Kier alpha value is -2.83. The van der Waals surface area contributed by atoms with Crippen LogP contribution in [0.1, 0.15) is 16.8 Å². The minimum absolute atomic E-state index is 0.156. The number of hydrogen-bond acceptors (Lipinski definition) is 4. The van der Waals surface area contributed by atoms with Gasteiger partial charge in [0.1, 0.15) is 0 Å². The number of hydrogen-bond donors (Lipinski definition) is 1. The van der Waals surface area contributed by atoms with Crippen molar-refractivity contribution in [3.63, 3.8) is 0 Å². The molecule has 1 aliphatic rings. The van der Waals surface area contributed by atoms with Crippen LogP contribution >= 0.6 is 0 Å². The van der Waals surface area contributed by atoms with E-state index in [2.05, 4.69) is 10.3 Å². The van der Waals surface area contributed by atoms with Crippen LogP contribution in [0.3, 0.4) is 0 Å². The predicted molar refractivity (Wildman–Crippen MR) is 88.5 cm³/mol. The molecule has 3 rings (SSSR count). The van der Waals surface area contributed by atoms with Crippen LogP contribution in [0.2, 0.25) is 0 Å². The van der Waals surface area contributed by atoms with E-state index < -0.39 is 0 Å². The molecule has 0 bridgehead atoms. The number of amides is 2. The Morgan fingerprint density at radius 1 is 1.33 bits per heavy atom. The van der Waals surface area contributed by atoms with Crippen molar-refractivity contribution in [1.29, 1.82) is 0 Å². The highest BCUT2D eigenvalue weighted by atomic mass is 16.6. The van der Waals surface area contributed by atoms with E-state index in [9.17, 15) is 9.59 Å². The fourth-order valence-corrected chi connectivity index (χ4v) is 2.63. The van der Waals surface area contributed by atoms with Gasteiger partial charge < -0.3 is 19.5 Å². The number of benzene rings is 1. The van der Waals surface area contributed by atoms with Crippen molar-refractivity contribution in [3.05, 3.63) is 42.4 Å². The van der Waals surface area contributed by atoms with E-state index in [1.54, 1.807) is 29.6 Å². The SMILES string of the molecule is Cn1cncc1-c1ccc(C(=O)NCCN2CCCOC2=O)cc1. The van der Waals surface area contributed by atoms with Crippen molar-refractivity contribution >= 4 is 12.0 Å². The summed E-state index contributed by atoms with van der Waals surface area (Å²) in [6.07, 6.45) is 4.04. The molecule has 0 saturated carbocycles. The smallest absolute Gasteiger partial charge is 0.409 e. The Labute approximate surface area is 140 Å². The van der Waals surface area contributed by atoms with E-state index in [0.717, 1.165) is 17.7 Å². The monoisotopic (exact) mass is 328 g/mol. The first-order valence-electron chi connectivity index (χ1n) is 7.92. The number of cyclic esters (lactones) is 1. The average Bonchev–Trinajstić information content (AvgIpc) is 3.03. The summed E-state index contributed by atoms with van der Waals surface area (Å²) in [5.74, 6) is -0.156. The van der Waals surface area contributed by atoms with E-state index in [4.69, 9.17) is 4.74 Å². The minimum atomic E-state index is -0.309. The number of carbonyl (C=O) groups excluding carboxylic acids is 2. The molecule has 2 amide bonds. The number of aryl methyl sites for hydroxylation is 1. The highest BCUT2D eigenvalue weighted by Crippen LogP contribution is 2.18. The maximum Gasteiger partial charge on any atom is 0.409 e. The molecule has 0 spiro atoms. The molecule has 2 aromatic rings. The highest BCUT2D eigenvalue weighted by Gasteiger charge is 2.19. The number of nitrogens with one attached hydrogen (secondary N) is 1. The summed E-state index contributed by atoms with van der Waals surface area (Å²) in [6.45, 7) is 2.01. The van der Waals surface area contributed by atoms with Gasteiger partial charge in [-0.3, -0.25) is 4.79 Å². The van der Waals surface area contributed by atoms with Crippen LogP contribution in [-0.4, -0.2) is 52.7 Å². The lowest BCUT2D eigenvalue weighted by molar-refractivity contribution is 0.0719. The fraction of sp³-hybridized carbons (Fsp3) is 0.353. The van der Waals surface area contributed by atoms with Gasteiger partial charge in [-0.2, -0.15) is 0 Å². The maximum absolute atomic E-state index is 12.2. The second-order valence-corrected chi connectivity index (χ2v) is 5.68. The molecule has 7 nitrogen and oxygen atoms in total. The number of carbonyl (C=O) groups is 2. The zero-order valence-corrected chi connectivity index (χ0v) is 13.6. The van der Waals surface area contributed by atoms with E-state index in [0.29, 0.717) is 31.8 Å². The van der Waals surface area contributed by atoms with Gasteiger partial charge in [0.2, 0.25) is 0 Å². The lowest BCUT2D eigenvalue weighted by Crippen LogP contribution is -2.42. The summed E-state index contributed by atoms with van der Waals surface area (Å²) < 4.78 is 6.88. The largest absolute Gasteiger partial charge is 0.449 e. The third-order valence-electron chi connectivity index (χ3n) is 3.98. The molecule has 0 atom stereocenters. The molecule has 1 fully saturated rings. The Kier molecular flexibility index (Phi) is 4.79. The molecule has 7 heteroatoms. The fourth-order valence-electron chi connectivity index (χ4n) is 2.63. The molecule has 2 heterocycles. The van der Waals surface area contributed by atoms with Crippen molar-refractivity contribution in [1.82, 2.24) is 19.8 Å². The van der Waals surface area contributed by atoms with Gasteiger partial charge in [-0.1, -0.05) is 12.1 Å². The first-order chi connectivity index (χ1) is 11.6. The molecule has 1 N–H and O–H groups in total. The number of imidazole rings is 1. The summed E-state index contributed by atoms with van der Waals surface area (Å²) in [5, 5.41) is 2.83. The van der Waals surface area contributed by atoms with Crippen LogP contribution in [0.15, 0.2) is 36.8 Å². The van der Waals surface area contributed by atoms with Crippen LogP contribution in [-0.2, 0) is 11.8 Å². The number of ether oxygens (including phenoxy) is 1. The van der Waals surface area contributed by atoms with Crippen molar-refractivity contribution in [2.24, 2.45) is 7.05 Å². The molecule has 0 aliphatic carbocycles. The minimum Gasteiger partial charge on any atom is -0.449 e. The lowest BCUT2D eigenvalue weighted by Gasteiger charge is -2.26. The maximum atomic E-state index is 12.2. The van der Waals surface area contributed by atoms with E-state index in [1.165, 1.54) is 0 Å². The summed E-state index contributed by atoms with van der Waals surface area (Å²) in [4.78, 5) is 29.4. The summed E-state index contributed by atoms with van der Waals surface area (Å²) in [7, 11) is 1.93. The van der Waals surface area contributed by atoms with Crippen molar-refractivity contribution in [2.45, 2.75) is 6.42 Å². The topological polar surface area (TPSA) is 76.5 Å². The first kappa shape index (κ1) is 16.0. The van der Waals surface area contributed by atoms with Crippen LogP contribution in [0.5, 0.6) is 0 Å². The van der Waals surface area contributed by atoms with E-state index in [-0.39, 0.29) is 12.0 Å². The molecular formula is C17H20N4O3. The van der Waals surface area contributed by atoms with Gasteiger partial charge in [0.05, 0.1) is 24.8 Å². The summed E-state index contributed by atoms with van der Waals surface area (Å²) >= 11 is 0. The van der Waals surface area contributed by atoms with Gasteiger partial charge in [0.15, 0.2) is 0 Å². The molecule has 1 aliphatic heterocycles. The van der Waals surface area contributed by atoms with Crippen LogP contribution in [0, 0.1) is 0 Å². The normalized spacial score (nSPS) is 14.4. The quantitative estimate of drug-likeness (QED) is 0.905. The predicted octanol–water partition coefficient (Wildman–Crippen LogP) is 1.66. The van der Waals surface area contributed by atoms with Crippen molar-refractivity contribution in [2.75, 3.05) is 26.2 Å². The van der Waals surface area contributed by atoms with Gasteiger partial charge >= 0.3 is 6.09 Å². The molecular weight excluding hydrogens is 308 g/mol. The van der Waals surface area contributed by atoms with Gasteiger partial charge in [0.25, 0.3) is 5.91 Å². The second-order valence-electron chi connectivity index (χ2n) is 5.68. The number of aromatic nitrogens is 2.